The van der Waals surface area contributed by atoms with Crippen LogP contribution in [0, 0.1) is 0 Å². The molecular weight excluding hydrogens is 192 g/mol. The molecule has 0 radical (unpaired) electrons. The van der Waals surface area contributed by atoms with Crippen LogP contribution in [-0.2, 0) is 4.84 Å². The summed E-state index contributed by atoms with van der Waals surface area (Å²) in [6.45, 7) is 3.74. The molecule has 0 atom stereocenters. The van der Waals surface area contributed by atoms with Gasteiger partial charge < -0.3 is 10.6 Å². The third kappa shape index (κ3) is 3.42. The van der Waals surface area contributed by atoms with Gasteiger partial charge in [0.05, 0.1) is 6.21 Å². The molecule has 0 saturated carbocycles. The van der Waals surface area contributed by atoms with Crippen LogP contribution < -0.4 is 5.73 Å². The maximum absolute atomic E-state index is 11.0. The van der Waals surface area contributed by atoms with E-state index in [1.54, 1.807) is 18.2 Å². The maximum atomic E-state index is 11.0. The lowest BCUT2D eigenvalue weighted by Gasteiger charge is -2.02. The molecule has 1 aromatic carbocycles. The fraction of sp³-hybridized carbons (Fsp3) is 0.273. The Morgan fingerprint density at radius 3 is 2.73 bits per heavy atom. The fourth-order valence-corrected chi connectivity index (χ4v) is 1.04. The molecule has 0 aromatic heterocycles. The zero-order valence-corrected chi connectivity index (χ0v) is 8.81. The highest BCUT2D eigenvalue weighted by atomic mass is 16.6. The summed E-state index contributed by atoms with van der Waals surface area (Å²) in [4.78, 5) is 16.0. The van der Waals surface area contributed by atoms with Crippen LogP contribution in [0.2, 0.25) is 0 Å². The van der Waals surface area contributed by atoms with Gasteiger partial charge in [0.1, 0.15) is 6.10 Å². The van der Waals surface area contributed by atoms with Crippen LogP contribution in [0.1, 0.15) is 29.8 Å². The van der Waals surface area contributed by atoms with Gasteiger partial charge in [-0.2, -0.15) is 0 Å². The number of benzene rings is 1. The lowest BCUT2D eigenvalue weighted by Crippen LogP contribution is -2.13. The number of hydrogen-bond acceptors (Lipinski definition) is 3. The molecule has 1 amide bonds. The standard InChI is InChI=1S/C11H14N2O2/c1-8(2)15-13-7-9-5-3-4-6-10(9)11(12)14/h3-8H,1-2H3,(H2,12,14). The topological polar surface area (TPSA) is 64.7 Å². The highest BCUT2D eigenvalue weighted by molar-refractivity contribution is 6.01. The molecule has 0 spiro atoms. The molecule has 0 heterocycles. The number of hydrogen-bond donors (Lipinski definition) is 1. The Morgan fingerprint density at radius 2 is 2.13 bits per heavy atom. The van der Waals surface area contributed by atoms with Crippen molar-refractivity contribution in [3.63, 3.8) is 0 Å². The molecule has 0 bridgehead atoms. The number of carbonyl (C=O) groups excluding carboxylic acids is 1. The van der Waals surface area contributed by atoms with Crippen LogP contribution in [0.4, 0.5) is 0 Å². The van der Waals surface area contributed by atoms with Crippen molar-refractivity contribution in [2.75, 3.05) is 0 Å². The lowest BCUT2D eigenvalue weighted by atomic mass is 10.1. The average molecular weight is 206 g/mol. The zero-order valence-electron chi connectivity index (χ0n) is 8.81. The molecule has 2 N–H and O–H groups in total. The number of amides is 1. The number of carbonyl (C=O) groups is 1. The van der Waals surface area contributed by atoms with Gasteiger partial charge in [0.25, 0.3) is 0 Å². The van der Waals surface area contributed by atoms with Crippen molar-refractivity contribution in [3.05, 3.63) is 35.4 Å². The Kier molecular flexibility index (Phi) is 3.85. The number of primary amides is 1. The number of rotatable bonds is 4. The van der Waals surface area contributed by atoms with Gasteiger partial charge in [-0.05, 0) is 19.9 Å². The van der Waals surface area contributed by atoms with E-state index >= 15 is 0 Å². The minimum atomic E-state index is -0.471. The van der Waals surface area contributed by atoms with Crippen molar-refractivity contribution in [2.45, 2.75) is 20.0 Å². The van der Waals surface area contributed by atoms with Crippen LogP contribution in [0.15, 0.2) is 29.4 Å². The molecule has 0 aliphatic heterocycles. The monoisotopic (exact) mass is 206 g/mol. The predicted molar refractivity (Wildman–Crippen MR) is 58.8 cm³/mol. The van der Waals surface area contributed by atoms with Crippen molar-refractivity contribution in [1.82, 2.24) is 0 Å². The van der Waals surface area contributed by atoms with E-state index in [1.807, 2.05) is 19.9 Å². The van der Waals surface area contributed by atoms with Gasteiger partial charge in [-0.3, -0.25) is 4.79 Å². The summed E-state index contributed by atoms with van der Waals surface area (Å²) in [6.07, 6.45) is 1.50. The summed E-state index contributed by atoms with van der Waals surface area (Å²) < 4.78 is 0. The molecule has 0 unspecified atom stereocenters. The Morgan fingerprint density at radius 1 is 1.47 bits per heavy atom. The average Bonchev–Trinajstić information content (AvgIpc) is 2.17. The molecule has 4 nitrogen and oxygen atoms in total. The molecule has 0 aliphatic rings. The van der Waals surface area contributed by atoms with Crippen LogP contribution in [0.5, 0.6) is 0 Å². The molecule has 80 valence electrons. The third-order valence-corrected chi connectivity index (χ3v) is 1.69. The number of oxime groups is 1. The Balaban J connectivity index is 2.84. The molecule has 0 fully saturated rings. The van der Waals surface area contributed by atoms with Gasteiger partial charge in [-0.1, -0.05) is 23.4 Å². The molecule has 4 heteroatoms. The van der Waals surface area contributed by atoms with Crippen molar-refractivity contribution in [1.29, 1.82) is 0 Å². The Labute approximate surface area is 88.7 Å². The summed E-state index contributed by atoms with van der Waals surface area (Å²) in [5.41, 5.74) is 6.30. The van der Waals surface area contributed by atoms with Crippen LogP contribution in [0.25, 0.3) is 0 Å². The second-order valence-corrected chi connectivity index (χ2v) is 3.34. The van der Waals surface area contributed by atoms with Gasteiger partial charge in [-0.25, -0.2) is 0 Å². The zero-order chi connectivity index (χ0) is 11.3. The van der Waals surface area contributed by atoms with Crippen molar-refractivity contribution in [2.24, 2.45) is 10.9 Å². The highest BCUT2D eigenvalue weighted by Crippen LogP contribution is 2.05. The predicted octanol–water partition coefficient (Wildman–Crippen LogP) is 1.54. The van der Waals surface area contributed by atoms with E-state index in [0.29, 0.717) is 11.1 Å². The first kappa shape index (κ1) is 11.2. The molecule has 1 aromatic rings. The number of nitrogens with two attached hydrogens (primary N) is 1. The first-order valence-electron chi connectivity index (χ1n) is 4.69. The first-order chi connectivity index (χ1) is 7.11. The minimum Gasteiger partial charge on any atom is -0.393 e. The van der Waals surface area contributed by atoms with Gasteiger partial charge in [0.15, 0.2) is 0 Å². The fourth-order valence-electron chi connectivity index (χ4n) is 1.04. The molecule has 0 saturated heterocycles. The van der Waals surface area contributed by atoms with Gasteiger partial charge in [0, 0.05) is 11.1 Å². The summed E-state index contributed by atoms with van der Waals surface area (Å²) >= 11 is 0. The highest BCUT2D eigenvalue weighted by Gasteiger charge is 2.04. The molecule has 1 rings (SSSR count). The minimum absolute atomic E-state index is 0.0157. The summed E-state index contributed by atoms with van der Waals surface area (Å²) in [7, 11) is 0. The second-order valence-electron chi connectivity index (χ2n) is 3.34. The van der Waals surface area contributed by atoms with E-state index in [9.17, 15) is 4.79 Å². The lowest BCUT2D eigenvalue weighted by molar-refractivity contribution is 0.0873. The van der Waals surface area contributed by atoms with Gasteiger partial charge >= 0.3 is 0 Å². The number of nitrogens with zero attached hydrogens (tertiary/aromatic N) is 1. The quantitative estimate of drug-likeness (QED) is 0.600. The van der Waals surface area contributed by atoms with Crippen molar-refractivity contribution in [3.8, 4) is 0 Å². The normalized spacial score (nSPS) is 10.9. The van der Waals surface area contributed by atoms with E-state index < -0.39 is 5.91 Å². The molecule has 0 aliphatic carbocycles. The van der Waals surface area contributed by atoms with E-state index in [1.165, 1.54) is 6.21 Å². The summed E-state index contributed by atoms with van der Waals surface area (Å²) in [6, 6.07) is 6.97. The van der Waals surface area contributed by atoms with E-state index in [4.69, 9.17) is 10.6 Å². The van der Waals surface area contributed by atoms with E-state index in [2.05, 4.69) is 5.16 Å². The van der Waals surface area contributed by atoms with Crippen molar-refractivity contribution < 1.29 is 9.63 Å². The van der Waals surface area contributed by atoms with E-state index in [-0.39, 0.29) is 6.10 Å². The van der Waals surface area contributed by atoms with Crippen LogP contribution in [-0.4, -0.2) is 18.2 Å². The molecule has 15 heavy (non-hydrogen) atoms. The largest absolute Gasteiger partial charge is 0.393 e. The van der Waals surface area contributed by atoms with Gasteiger partial charge in [-0.15, -0.1) is 0 Å². The Bertz CT molecular complexity index is 373. The summed E-state index contributed by atoms with van der Waals surface area (Å²) in [5.74, 6) is -0.471. The maximum Gasteiger partial charge on any atom is 0.249 e. The third-order valence-electron chi connectivity index (χ3n) is 1.69. The van der Waals surface area contributed by atoms with Crippen molar-refractivity contribution >= 4 is 12.1 Å². The Hall–Kier alpha value is -1.84. The van der Waals surface area contributed by atoms with E-state index in [0.717, 1.165) is 0 Å². The smallest absolute Gasteiger partial charge is 0.249 e. The first-order valence-corrected chi connectivity index (χ1v) is 4.69. The SMILES string of the molecule is CC(C)ON=Cc1ccccc1C(N)=O. The van der Waals surface area contributed by atoms with Crippen LogP contribution >= 0.6 is 0 Å². The van der Waals surface area contributed by atoms with Crippen LogP contribution in [0.3, 0.4) is 0 Å². The summed E-state index contributed by atoms with van der Waals surface area (Å²) in [5, 5.41) is 3.75. The molecular formula is C11H14N2O2. The van der Waals surface area contributed by atoms with Gasteiger partial charge in [0.2, 0.25) is 5.91 Å². The second kappa shape index (κ2) is 5.14.